The van der Waals surface area contributed by atoms with Crippen LogP contribution in [0.25, 0.3) is 0 Å². The van der Waals surface area contributed by atoms with Gasteiger partial charge in [-0.3, -0.25) is 0 Å². The maximum atomic E-state index is 8.87. The number of nitrogens with zero attached hydrogens (tertiary/aromatic N) is 1. The first-order chi connectivity index (χ1) is 12.7. The second kappa shape index (κ2) is 7.65. The Bertz CT molecular complexity index is 845. The van der Waals surface area contributed by atoms with Crippen LogP contribution in [-0.4, -0.2) is 18.5 Å². The molecule has 1 aliphatic heterocycles. The van der Waals surface area contributed by atoms with Crippen LogP contribution in [-0.2, 0) is 20.6 Å². The molecule has 2 aromatic rings. The molecule has 2 aromatic carbocycles. The first-order valence-electron chi connectivity index (χ1n) is 8.64. The van der Waals surface area contributed by atoms with Crippen LogP contribution in [0.3, 0.4) is 0 Å². The van der Waals surface area contributed by atoms with E-state index in [-0.39, 0.29) is 0 Å². The zero-order valence-electron chi connectivity index (χ0n) is 15.8. The molecule has 5 nitrogen and oxygen atoms in total. The highest BCUT2D eigenvalue weighted by molar-refractivity contribution is 9.10. The number of benzene rings is 2. The SMILES string of the molecule is CC1(C)OB(OCc2cc(Oc3ccc(C#N)cc3)ccc2Br)OC1(C)C. The van der Waals surface area contributed by atoms with E-state index in [9.17, 15) is 0 Å². The summed E-state index contributed by atoms with van der Waals surface area (Å²) in [6.07, 6.45) is 0. The van der Waals surface area contributed by atoms with Gasteiger partial charge in [-0.1, -0.05) is 15.9 Å². The van der Waals surface area contributed by atoms with Crippen LogP contribution in [0.2, 0.25) is 0 Å². The number of halogens is 1. The van der Waals surface area contributed by atoms with Gasteiger partial charge in [0.1, 0.15) is 11.5 Å². The van der Waals surface area contributed by atoms with Crippen molar-refractivity contribution in [2.75, 3.05) is 0 Å². The largest absolute Gasteiger partial charge is 0.640 e. The van der Waals surface area contributed by atoms with Gasteiger partial charge in [-0.15, -0.1) is 0 Å². The normalized spacial score (nSPS) is 17.6. The summed E-state index contributed by atoms with van der Waals surface area (Å²) < 4.78 is 24.3. The molecule has 3 rings (SSSR count). The molecular weight excluding hydrogens is 409 g/mol. The Morgan fingerprint density at radius 3 is 2.19 bits per heavy atom. The van der Waals surface area contributed by atoms with Gasteiger partial charge in [0, 0.05) is 4.47 Å². The third-order valence-corrected chi connectivity index (χ3v) is 5.62. The Hall–Kier alpha value is -1.85. The molecule has 0 aliphatic carbocycles. The highest BCUT2D eigenvalue weighted by Gasteiger charge is 2.52. The molecular formula is C20H21BBrNO4. The highest BCUT2D eigenvalue weighted by atomic mass is 79.9. The van der Waals surface area contributed by atoms with Gasteiger partial charge < -0.3 is 18.7 Å². The molecule has 0 amide bonds. The van der Waals surface area contributed by atoms with Gasteiger partial charge in [0.2, 0.25) is 0 Å². The predicted octanol–water partition coefficient (Wildman–Crippen LogP) is 5.22. The minimum absolute atomic E-state index is 0.308. The zero-order chi connectivity index (χ0) is 19.7. The third kappa shape index (κ3) is 4.53. The fraction of sp³-hybridized carbons (Fsp3) is 0.350. The van der Waals surface area contributed by atoms with Crippen molar-refractivity contribution in [3.05, 3.63) is 58.1 Å². The van der Waals surface area contributed by atoms with E-state index in [1.165, 1.54) is 0 Å². The van der Waals surface area contributed by atoms with Crippen LogP contribution in [0.4, 0.5) is 0 Å². The minimum atomic E-state index is -0.718. The van der Waals surface area contributed by atoms with Crippen LogP contribution in [0.1, 0.15) is 38.8 Å². The van der Waals surface area contributed by atoms with E-state index in [1.807, 2.05) is 45.9 Å². The second-order valence-electron chi connectivity index (χ2n) is 7.35. The Labute approximate surface area is 168 Å². The predicted molar refractivity (Wildman–Crippen MR) is 106 cm³/mol. The van der Waals surface area contributed by atoms with Gasteiger partial charge in [0.25, 0.3) is 0 Å². The number of nitriles is 1. The lowest BCUT2D eigenvalue weighted by Crippen LogP contribution is -2.41. The summed E-state index contributed by atoms with van der Waals surface area (Å²) >= 11 is 3.54. The van der Waals surface area contributed by atoms with Crippen molar-refractivity contribution in [3.8, 4) is 17.6 Å². The van der Waals surface area contributed by atoms with Crippen molar-refractivity contribution in [1.82, 2.24) is 0 Å². The van der Waals surface area contributed by atoms with Crippen LogP contribution in [0, 0.1) is 11.3 Å². The number of hydrogen-bond acceptors (Lipinski definition) is 5. The van der Waals surface area contributed by atoms with Crippen molar-refractivity contribution in [2.24, 2.45) is 0 Å². The van der Waals surface area contributed by atoms with Crippen LogP contribution in [0.5, 0.6) is 11.5 Å². The van der Waals surface area contributed by atoms with E-state index in [0.717, 1.165) is 10.0 Å². The maximum absolute atomic E-state index is 8.87. The van der Waals surface area contributed by atoms with Gasteiger partial charge in [-0.25, -0.2) is 0 Å². The fourth-order valence-corrected chi connectivity index (χ4v) is 2.83. The minimum Gasteiger partial charge on any atom is -0.457 e. The Kier molecular flexibility index (Phi) is 5.64. The molecule has 27 heavy (non-hydrogen) atoms. The summed E-state index contributed by atoms with van der Waals surface area (Å²) in [7, 11) is -0.718. The monoisotopic (exact) mass is 429 g/mol. The Morgan fingerprint density at radius 2 is 1.59 bits per heavy atom. The molecule has 1 fully saturated rings. The molecule has 1 saturated heterocycles. The quantitative estimate of drug-likeness (QED) is 0.609. The van der Waals surface area contributed by atoms with Gasteiger partial charge in [-0.2, -0.15) is 5.26 Å². The van der Waals surface area contributed by atoms with Gasteiger partial charge >= 0.3 is 7.32 Å². The molecule has 7 heteroatoms. The number of rotatable bonds is 5. The summed E-state index contributed by atoms with van der Waals surface area (Å²) in [6.45, 7) is 8.25. The fourth-order valence-electron chi connectivity index (χ4n) is 2.47. The highest BCUT2D eigenvalue weighted by Crippen LogP contribution is 2.37. The topological polar surface area (TPSA) is 60.7 Å². The third-order valence-electron chi connectivity index (χ3n) is 4.84. The van der Waals surface area contributed by atoms with E-state index in [4.69, 9.17) is 24.0 Å². The lowest BCUT2D eigenvalue weighted by molar-refractivity contribution is 0.00578. The molecule has 0 spiro atoms. The van der Waals surface area contributed by atoms with Crippen LogP contribution >= 0.6 is 15.9 Å². The zero-order valence-corrected chi connectivity index (χ0v) is 17.4. The summed E-state index contributed by atoms with van der Waals surface area (Å²) in [5, 5.41) is 8.87. The summed E-state index contributed by atoms with van der Waals surface area (Å²) in [4.78, 5) is 0. The molecule has 0 radical (unpaired) electrons. The number of ether oxygens (including phenoxy) is 1. The van der Waals surface area contributed by atoms with Gasteiger partial charge in [-0.05, 0) is 75.7 Å². The molecule has 0 N–H and O–H groups in total. The first-order valence-corrected chi connectivity index (χ1v) is 9.43. The van der Waals surface area contributed by atoms with Crippen molar-refractivity contribution in [1.29, 1.82) is 5.26 Å². The van der Waals surface area contributed by atoms with Crippen LogP contribution < -0.4 is 4.74 Å². The molecule has 0 atom stereocenters. The number of hydrogen-bond donors (Lipinski definition) is 0. The average Bonchev–Trinajstić information content (AvgIpc) is 2.83. The molecule has 0 bridgehead atoms. The summed E-state index contributed by atoms with van der Waals surface area (Å²) in [5.74, 6) is 1.34. The summed E-state index contributed by atoms with van der Waals surface area (Å²) in [6, 6.07) is 14.7. The molecule has 0 saturated carbocycles. The van der Waals surface area contributed by atoms with E-state index >= 15 is 0 Å². The van der Waals surface area contributed by atoms with E-state index < -0.39 is 18.5 Å². The van der Waals surface area contributed by atoms with Crippen molar-refractivity contribution in [3.63, 3.8) is 0 Å². The molecule has 0 unspecified atom stereocenters. The standard InChI is InChI=1S/C20H21BBrNO4/c1-19(2)20(3,4)27-21(26-19)24-13-15-11-17(9-10-18(15)22)25-16-7-5-14(12-23)6-8-16/h5-11H,13H2,1-4H3. The van der Waals surface area contributed by atoms with E-state index in [1.54, 1.807) is 24.3 Å². The van der Waals surface area contributed by atoms with Crippen molar-refractivity contribution in [2.45, 2.75) is 45.5 Å². The first kappa shape index (κ1) is 19.9. The molecule has 1 heterocycles. The average molecular weight is 430 g/mol. The van der Waals surface area contributed by atoms with Crippen LogP contribution in [0.15, 0.2) is 46.9 Å². The molecule has 1 aliphatic rings. The van der Waals surface area contributed by atoms with E-state index in [0.29, 0.717) is 23.7 Å². The lowest BCUT2D eigenvalue weighted by Gasteiger charge is -2.31. The van der Waals surface area contributed by atoms with Crippen molar-refractivity contribution >= 4 is 23.3 Å². The maximum Gasteiger partial charge on any atom is 0.640 e. The molecule has 140 valence electrons. The van der Waals surface area contributed by atoms with E-state index in [2.05, 4.69) is 22.0 Å². The Morgan fingerprint density at radius 1 is 1.00 bits per heavy atom. The van der Waals surface area contributed by atoms with Gasteiger partial charge in [0.15, 0.2) is 0 Å². The van der Waals surface area contributed by atoms with Gasteiger partial charge in [0.05, 0.1) is 29.4 Å². The second-order valence-corrected chi connectivity index (χ2v) is 8.20. The summed E-state index contributed by atoms with van der Waals surface area (Å²) in [5.41, 5.74) is 0.635. The Balaban J connectivity index is 1.66. The lowest BCUT2D eigenvalue weighted by atomic mass is 9.90. The van der Waals surface area contributed by atoms with Crippen molar-refractivity contribution < 1.29 is 18.7 Å². The molecule has 0 aromatic heterocycles. The smallest absolute Gasteiger partial charge is 0.457 e.